The summed E-state index contributed by atoms with van der Waals surface area (Å²) in [6.07, 6.45) is 0. The fourth-order valence-corrected chi connectivity index (χ4v) is 4.07. The van der Waals surface area contributed by atoms with E-state index in [9.17, 15) is 14.0 Å². The lowest BCUT2D eigenvalue weighted by molar-refractivity contribution is 0.0531. The maximum atomic E-state index is 13.9. The van der Waals surface area contributed by atoms with Gasteiger partial charge in [0.1, 0.15) is 21.3 Å². The number of aromatic amines is 1. The Morgan fingerprint density at radius 3 is 2.79 bits per heavy atom. The van der Waals surface area contributed by atoms with Crippen LogP contribution >= 0.6 is 11.3 Å². The van der Waals surface area contributed by atoms with Crippen LogP contribution in [-0.2, 0) is 11.3 Å². The number of aromatic nitrogens is 2. The zero-order chi connectivity index (χ0) is 20.4. The molecule has 0 saturated heterocycles. The van der Waals surface area contributed by atoms with E-state index in [1.54, 1.807) is 32.0 Å². The van der Waals surface area contributed by atoms with Crippen LogP contribution in [0.3, 0.4) is 0 Å². The Hall–Kier alpha value is -2.58. The molecule has 0 bridgehead atoms. The quantitative estimate of drug-likeness (QED) is 0.634. The number of H-pyrrole nitrogens is 1. The standard InChI is InChI=1S/C20H22FN3O3S/c1-5-27-20(26)16-11(2)15-18(25)22-17(23-19(15)28-16)12(3)24(4)10-13-8-6-7-9-14(13)21/h6-9,12H,5,10H2,1-4H3,(H,22,23,25)/t12-/m1/s1. The molecular weight excluding hydrogens is 381 g/mol. The Bertz CT molecular complexity index is 1080. The molecule has 3 aromatic rings. The van der Waals surface area contributed by atoms with Crippen molar-refractivity contribution in [3.63, 3.8) is 0 Å². The van der Waals surface area contributed by atoms with Crippen LogP contribution in [0.4, 0.5) is 4.39 Å². The Morgan fingerprint density at radius 1 is 1.39 bits per heavy atom. The summed E-state index contributed by atoms with van der Waals surface area (Å²) in [7, 11) is 1.84. The lowest BCUT2D eigenvalue weighted by atomic mass is 10.1. The van der Waals surface area contributed by atoms with Crippen molar-refractivity contribution in [1.29, 1.82) is 0 Å². The molecule has 0 fully saturated rings. The number of halogens is 1. The molecule has 28 heavy (non-hydrogen) atoms. The van der Waals surface area contributed by atoms with Gasteiger partial charge in [-0.1, -0.05) is 18.2 Å². The van der Waals surface area contributed by atoms with Crippen LogP contribution < -0.4 is 5.56 Å². The second kappa shape index (κ2) is 8.20. The van der Waals surface area contributed by atoms with Crippen molar-refractivity contribution in [3.05, 3.63) is 62.3 Å². The number of hydrogen-bond donors (Lipinski definition) is 1. The van der Waals surface area contributed by atoms with Gasteiger partial charge in [0.05, 0.1) is 18.0 Å². The van der Waals surface area contributed by atoms with Gasteiger partial charge in [-0.05, 0) is 39.4 Å². The van der Waals surface area contributed by atoms with Gasteiger partial charge in [0.2, 0.25) is 0 Å². The van der Waals surface area contributed by atoms with E-state index in [-0.39, 0.29) is 24.0 Å². The number of benzene rings is 1. The van der Waals surface area contributed by atoms with E-state index in [0.29, 0.717) is 38.6 Å². The molecule has 3 rings (SSSR count). The topological polar surface area (TPSA) is 75.3 Å². The molecule has 0 radical (unpaired) electrons. The third-order valence-electron chi connectivity index (χ3n) is 4.71. The number of thiophene rings is 1. The third-order valence-corrected chi connectivity index (χ3v) is 5.88. The summed E-state index contributed by atoms with van der Waals surface area (Å²) in [5.74, 6) is -0.256. The van der Waals surface area contributed by atoms with Crippen LogP contribution in [0.25, 0.3) is 10.2 Å². The summed E-state index contributed by atoms with van der Waals surface area (Å²) >= 11 is 1.15. The predicted molar refractivity (Wildman–Crippen MR) is 107 cm³/mol. The maximum Gasteiger partial charge on any atom is 0.348 e. The number of rotatable bonds is 6. The molecule has 0 aliphatic rings. The van der Waals surface area contributed by atoms with Gasteiger partial charge in [0.15, 0.2) is 0 Å². The first kappa shape index (κ1) is 20.2. The molecule has 0 amide bonds. The van der Waals surface area contributed by atoms with Crippen molar-refractivity contribution in [2.24, 2.45) is 0 Å². The highest BCUT2D eigenvalue weighted by Gasteiger charge is 2.22. The molecule has 148 valence electrons. The molecule has 2 aromatic heterocycles. The predicted octanol–water partition coefficient (Wildman–Crippen LogP) is 3.80. The van der Waals surface area contributed by atoms with E-state index < -0.39 is 5.97 Å². The van der Waals surface area contributed by atoms with Crippen molar-refractivity contribution in [2.45, 2.75) is 33.4 Å². The molecule has 1 atom stereocenters. The minimum atomic E-state index is -0.450. The highest BCUT2D eigenvalue weighted by Crippen LogP contribution is 2.29. The summed E-state index contributed by atoms with van der Waals surface area (Å²) in [5.41, 5.74) is 0.846. The average molecular weight is 403 g/mol. The van der Waals surface area contributed by atoms with Crippen LogP contribution in [0.2, 0.25) is 0 Å². The average Bonchev–Trinajstić information content (AvgIpc) is 3.00. The number of esters is 1. The summed E-state index contributed by atoms with van der Waals surface area (Å²) in [6, 6.07) is 6.33. The Kier molecular flexibility index (Phi) is 5.90. The number of carbonyl (C=O) groups excluding carboxylic acids is 1. The SMILES string of the molecule is CCOC(=O)c1sc2nc([C@@H](C)N(C)Cc3ccccc3F)[nH]c(=O)c2c1C. The molecule has 0 aliphatic heterocycles. The minimum Gasteiger partial charge on any atom is -0.462 e. The number of aryl methyl sites for hydroxylation is 1. The van der Waals surface area contributed by atoms with Crippen LogP contribution in [0.15, 0.2) is 29.1 Å². The third kappa shape index (κ3) is 3.83. The number of ether oxygens (including phenoxy) is 1. The molecule has 8 heteroatoms. The van der Waals surface area contributed by atoms with Crippen molar-refractivity contribution in [1.82, 2.24) is 14.9 Å². The molecule has 0 aliphatic carbocycles. The zero-order valence-electron chi connectivity index (χ0n) is 16.2. The number of hydrogen-bond acceptors (Lipinski definition) is 6. The molecule has 1 N–H and O–H groups in total. The number of nitrogens with one attached hydrogen (secondary N) is 1. The van der Waals surface area contributed by atoms with Crippen LogP contribution in [-0.4, -0.2) is 34.5 Å². The number of nitrogens with zero attached hydrogens (tertiary/aromatic N) is 2. The maximum absolute atomic E-state index is 13.9. The van der Waals surface area contributed by atoms with Gasteiger partial charge >= 0.3 is 5.97 Å². The molecule has 0 spiro atoms. The van der Waals surface area contributed by atoms with Crippen LogP contribution in [0, 0.1) is 12.7 Å². The molecule has 1 aromatic carbocycles. The second-order valence-corrected chi connectivity index (χ2v) is 7.59. The van der Waals surface area contributed by atoms with Gasteiger partial charge in [-0.15, -0.1) is 11.3 Å². The first-order valence-corrected chi connectivity index (χ1v) is 9.79. The molecule has 0 unspecified atom stereocenters. The van der Waals surface area contributed by atoms with Crippen molar-refractivity contribution in [2.75, 3.05) is 13.7 Å². The molecule has 6 nitrogen and oxygen atoms in total. The van der Waals surface area contributed by atoms with E-state index >= 15 is 0 Å². The minimum absolute atomic E-state index is 0.259. The Morgan fingerprint density at radius 2 is 2.11 bits per heavy atom. The summed E-state index contributed by atoms with van der Waals surface area (Å²) in [4.78, 5) is 34.9. The van der Waals surface area contributed by atoms with E-state index in [1.807, 2.05) is 18.9 Å². The number of fused-ring (bicyclic) bond motifs is 1. The van der Waals surface area contributed by atoms with Gasteiger partial charge in [-0.2, -0.15) is 0 Å². The smallest absolute Gasteiger partial charge is 0.348 e. The van der Waals surface area contributed by atoms with Crippen molar-refractivity contribution in [3.8, 4) is 0 Å². The molecule has 0 saturated carbocycles. The van der Waals surface area contributed by atoms with Gasteiger partial charge in [-0.3, -0.25) is 9.69 Å². The van der Waals surface area contributed by atoms with Crippen molar-refractivity contribution >= 4 is 27.5 Å². The fourth-order valence-electron chi connectivity index (χ4n) is 2.99. The number of carbonyl (C=O) groups is 1. The molecule has 2 heterocycles. The first-order chi connectivity index (χ1) is 13.3. The Balaban J connectivity index is 1.93. The summed E-state index contributed by atoms with van der Waals surface area (Å²) < 4.78 is 19.0. The van der Waals surface area contributed by atoms with E-state index in [1.165, 1.54) is 6.07 Å². The van der Waals surface area contributed by atoms with Gasteiger partial charge in [0, 0.05) is 12.1 Å². The first-order valence-electron chi connectivity index (χ1n) is 8.97. The van der Waals surface area contributed by atoms with Crippen LogP contribution in [0.1, 0.15) is 46.5 Å². The summed E-state index contributed by atoms with van der Waals surface area (Å²) in [5, 5.41) is 0.403. The highest BCUT2D eigenvalue weighted by molar-refractivity contribution is 7.20. The summed E-state index contributed by atoms with van der Waals surface area (Å²) in [6.45, 7) is 5.97. The lowest BCUT2D eigenvalue weighted by Crippen LogP contribution is -2.26. The Labute approximate surface area is 166 Å². The fraction of sp³-hybridized carbons (Fsp3) is 0.350. The largest absolute Gasteiger partial charge is 0.462 e. The van der Waals surface area contributed by atoms with Gasteiger partial charge in [0.25, 0.3) is 5.56 Å². The monoisotopic (exact) mass is 403 g/mol. The lowest BCUT2D eigenvalue weighted by Gasteiger charge is -2.24. The van der Waals surface area contributed by atoms with E-state index in [0.717, 1.165) is 11.3 Å². The normalized spacial score (nSPS) is 12.5. The van der Waals surface area contributed by atoms with Gasteiger partial charge < -0.3 is 9.72 Å². The second-order valence-electron chi connectivity index (χ2n) is 6.59. The van der Waals surface area contributed by atoms with E-state index in [2.05, 4.69) is 9.97 Å². The van der Waals surface area contributed by atoms with Crippen LogP contribution in [0.5, 0.6) is 0 Å². The molecular formula is C20H22FN3O3S. The van der Waals surface area contributed by atoms with Crippen molar-refractivity contribution < 1.29 is 13.9 Å². The van der Waals surface area contributed by atoms with Gasteiger partial charge in [-0.25, -0.2) is 14.2 Å². The zero-order valence-corrected chi connectivity index (χ0v) is 17.0. The highest BCUT2D eigenvalue weighted by atomic mass is 32.1. The van der Waals surface area contributed by atoms with E-state index in [4.69, 9.17) is 4.74 Å².